The van der Waals surface area contributed by atoms with Gasteiger partial charge in [-0.2, -0.15) is 0 Å². The molecule has 1 amide bonds. The van der Waals surface area contributed by atoms with Crippen LogP contribution in [0, 0.1) is 12.8 Å². The van der Waals surface area contributed by atoms with E-state index >= 15 is 0 Å². The minimum Gasteiger partial charge on any atom is -0.440 e. The molecule has 3 rings (SSSR count). The molecule has 2 heterocycles. The first-order valence-corrected chi connectivity index (χ1v) is 7.59. The van der Waals surface area contributed by atoms with E-state index in [0.29, 0.717) is 16.9 Å². The van der Waals surface area contributed by atoms with Gasteiger partial charge in [0.15, 0.2) is 11.3 Å². The number of anilines is 1. The van der Waals surface area contributed by atoms with Crippen LogP contribution in [0.25, 0.3) is 11.0 Å². The van der Waals surface area contributed by atoms with Crippen molar-refractivity contribution in [1.29, 1.82) is 0 Å². The lowest BCUT2D eigenvalue weighted by molar-refractivity contribution is -0.125. The lowest BCUT2D eigenvalue weighted by atomic mass is 9.96. The summed E-state index contributed by atoms with van der Waals surface area (Å²) in [6, 6.07) is 7.18. The molecule has 1 aliphatic heterocycles. The maximum absolute atomic E-state index is 12.3. The Balaban J connectivity index is 1.84. The number of hydrogen-bond acceptors (Lipinski definition) is 4. The minimum atomic E-state index is -0.0200. The van der Waals surface area contributed by atoms with Crippen molar-refractivity contribution in [3.63, 3.8) is 0 Å². The van der Waals surface area contributed by atoms with Gasteiger partial charge in [0.05, 0.1) is 5.39 Å². The first kappa shape index (κ1) is 14.6. The summed E-state index contributed by atoms with van der Waals surface area (Å²) in [6.45, 7) is 3.40. The molecule has 2 aromatic rings. The Morgan fingerprint density at radius 1 is 1.27 bits per heavy atom. The molecule has 0 saturated carbocycles. The molecule has 1 saturated heterocycles. The topological polar surface area (TPSA) is 62.6 Å². The fourth-order valence-electron chi connectivity index (χ4n) is 2.98. The number of piperidine rings is 1. The van der Waals surface area contributed by atoms with Gasteiger partial charge in [-0.1, -0.05) is 11.6 Å². The predicted molar refractivity (Wildman–Crippen MR) is 86.2 cm³/mol. The van der Waals surface area contributed by atoms with Crippen molar-refractivity contribution in [3.05, 3.63) is 40.1 Å². The van der Waals surface area contributed by atoms with Crippen LogP contribution in [0.15, 0.2) is 33.5 Å². The quantitative estimate of drug-likeness (QED) is 0.922. The molecule has 5 heteroatoms. The van der Waals surface area contributed by atoms with Crippen LogP contribution in [-0.4, -0.2) is 26.0 Å². The number of carbonyl (C=O) groups is 1. The summed E-state index contributed by atoms with van der Waals surface area (Å²) >= 11 is 0. The number of rotatable bonds is 2. The maximum Gasteiger partial charge on any atom is 0.222 e. The number of aryl methyl sites for hydroxylation is 1. The number of nitrogens with zero attached hydrogens (tertiary/aromatic N) is 1. The summed E-state index contributed by atoms with van der Waals surface area (Å²) in [5, 5.41) is 3.31. The van der Waals surface area contributed by atoms with Gasteiger partial charge in [-0.25, -0.2) is 0 Å². The normalized spacial score (nSPS) is 16.0. The Morgan fingerprint density at radius 3 is 2.68 bits per heavy atom. The molecule has 1 aromatic heterocycles. The monoisotopic (exact) mass is 300 g/mol. The van der Waals surface area contributed by atoms with E-state index in [1.807, 2.05) is 30.0 Å². The molecule has 22 heavy (non-hydrogen) atoms. The lowest BCUT2D eigenvalue weighted by Gasteiger charge is -2.31. The average molecular weight is 300 g/mol. The zero-order chi connectivity index (χ0) is 15.7. The van der Waals surface area contributed by atoms with Gasteiger partial charge in [-0.05, 0) is 31.9 Å². The molecule has 0 unspecified atom stereocenters. The third-order valence-corrected chi connectivity index (χ3v) is 4.29. The Bertz CT molecular complexity index is 758. The third-order valence-electron chi connectivity index (χ3n) is 4.29. The Hall–Kier alpha value is -2.30. The zero-order valence-corrected chi connectivity index (χ0v) is 12.9. The number of hydrogen-bond donors (Lipinski definition) is 1. The first-order valence-electron chi connectivity index (χ1n) is 7.59. The van der Waals surface area contributed by atoms with Gasteiger partial charge in [0.2, 0.25) is 5.91 Å². The number of amides is 1. The third kappa shape index (κ3) is 2.71. The smallest absolute Gasteiger partial charge is 0.222 e. The Morgan fingerprint density at radius 2 is 2.00 bits per heavy atom. The minimum absolute atomic E-state index is 0.0200. The van der Waals surface area contributed by atoms with Gasteiger partial charge >= 0.3 is 0 Å². The van der Waals surface area contributed by atoms with Crippen LogP contribution < -0.4 is 15.6 Å². The highest BCUT2D eigenvalue weighted by Gasteiger charge is 2.25. The summed E-state index contributed by atoms with van der Waals surface area (Å²) in [5.41, 5.74) is 1.63. The number of nitrogens with one attached hydrogen (secondary N) is 1. The Kier molecular flexibility index (Phi) is 3.88. The highest BCUT2D eigenvalue weighted by Crippen LogP contribution is 2.25. The fourth-order valence-corrected chi connectivity index (χ4v) is 2.98. The van der Waals surface area contributed by atoms with Crippen LogP contribution >= 0.6 is 0 Å². The van der Waals surface area contributed by atoms with E-state index in [-0.39, 0.29) is 17.3 Å². The fraction of sp³-hybridized carbons (Fsp3) is 0.412. The molecule has 0 radical (unpaired) electrons. The van der Waals surface area contributed by atoms with E-state index < -0.39 is 0 Å². The average Bonchev–Trinajstić information content (AvgIpc) is 2.55. The predicted octanol–water partition coefficient (Wildman–Crippen LogP) is 2.06. The molecule has 1 N–H and O–H groups in total. The number of fused-ring (bicyclic) bond motifs is 1. The lowest BCUT2D eigenvalue weighted by Crippen LogP contribution is -2.39. The summed E-state index contributed by atoms with van der Waals surface area (Å²) in [7, 11) is 1.67. The van der Waals surface area contributed by atoms with Crippen molar-refractivity contribution >= 4 is 22.8 Å². The molecule has 0 aliphatic carbocycles. The van der Waals surface area contributed by atoms with Gasteiger partial charge < -0.3 is 14.6 Å². The first-order chi connectivity index (χ1) is 10.6. The second-order valence-electron chi connectivity index (χ2n) is 5.82. The molecule has 1 aliphatic rings. The van der Waals surface area contributed by atoms with E-state index in [2.05, 4.69) is 5.32 Å². The van der Waals surface area contributed by atoms with Crippen LogP contribution in [0.3, 0.4) is 0 Å². The van der Waals surface area contributed by atoms with Crippen molar-refractivity contribution in [2.45, 2.75) is 19.8 Å². The summed E-state index contributed by atoms with van der Waals surface area (Å²) in [5.74, 6) is 0.739. The molecule has 0 spiro atoms. The second kappa shape index (κ2) is 5.83. The van der Waals surface area contributed by atoms with Gasteiger partial charge in [0.25, 0.3) is 0 Å². The van der Waals surface area contributed by atoms with Crippen LogP contribution in [-0.2, 0) is 4.79 Å². The molecular weight excluding hydrogens is 280 g/mol. The molecule has 0 atom stereocenters. The van der Waals surface area contributed by atoms with Crippen molar-refractivity contribution in [3.8, 4) is 0 Å². The molecule has 0 bridgehead atoms. The van der Waals surface area contributed by atoms with E-state index in [4.69, 9.17) is 4.42 Å². The second-order valence-corrected chi connectivity index (χ2v) is 5.82. The van der Waals surface area contributed by atoms with Crippen molar-refractivity contribution < 1.29 is 9.21 Å². The molecule has 5 nitrogen and oxygen atoms in total. The molecule has 1 fully saturated rings. The van der Waals surface area contributed by atoms with Gasteiger partial charge in [0, 0.05) is 32.1 Å². The highest BCUT2D eigenvalue weighted by atomic mass is 16.4. The SMILES string of the molecule is CNC(=O)C1CCN(c2cc(=O)c3cc(C)ccc3o2)CC1. The summed E-state index contributed by atoms with van der Waals surface area (Å²) < 4.78 is 5.88. The molecule has 116 valence electrons. The van der Waals surface area contributed by atoms with Crippen molar-refractivity contribution in [2.24, 2.45) is 5.92 Å². The Labute approximate surface area is 128 Å². The molecular formula is C17H20N2O3. The van der Waals surface area contributed by atoms with Crippen LogP contribution in [0.4, 0.5) is 5.88 Å². The number of benzene rings is 1. The molecule has 1 aromatic carbocycles. The highest BCUT2D eigenvalue weighted by molar-refractivity contribution is 5.79. The van der Waals surface area contributed by atoms with Crippen LogP contribution in [0.2, 0.25) is 0 Å². The van der Waals surface area contributed by atoms with E-state index in [0.717, 1.165) is 31.5 Å². The van der Waals surface area contributed by atoms with Crippen molar-refractivity contribution in [1.82, 2.24) is 5.32 Å². The number of carbonyl (C=O) groups excluding carboxylic acids is 1. The standard InChI is InChI=1S/C17H20N2O3/c1-11-3-4-15-13(9-11)14(20)10-16(22-15)19-7-5-12(6-8-19)17(21)18-2/h3-4,9-10,12H,5-8H2,1-2H3,(H,18,21). The largest absolute Gasteiger partial charge is 0.440 e. The maximum atomic E-state index is 12.3. The van der Waals surface area contributed by atoms with Gasteiger partial charge in [-0.3, -0.25) is 9.59 Å². The van der Waals surface area contributed by atoms with E-state index in [1.165, 1.54) is 0 Å². The summed E-state index contributed by atoms with van der Waals surface area (Å²) in [6.07, 6.45) is 1.55. The van der Waals surface area contributed by atoms with Gasteiger partial charge in [-0.15, -0.1) is 0 Å². The van der Waals surface area contributed by atoms with Gasteiger partial charge in [0.1, 0.15) is 5.58 Å². The van der Waals surface area contributed by atoms with Crippen molar-refractivity contribution in [2.75, 3.05) is 25.0 Å². The van der Waals surface area contributed by atoms with E-state index in [9.17, 15) is 9.59 Å². The zero-order valence-electron chi connectivity index (χ0n) is 12.9. The van der Waals surface area contributed by atoms with E-state index in [1.54, 1.807) is 13.1 Å². The summed E-state index contributed by atoms with van der Waals surface area (Å²) in [4.78, 5) is 26.0. The van der Waals surface area contributed by atoms with Crippen LogP contribution in [0.5, 0.6) is 0 Å². The van der Waals surface area contributed by atoms with Crippen LogP contribution in [0.1, 0.15) is 18.4 Å².